The number of para-hydroxylation sites is 1. The molecule has 2 rings (SSSR count). The number of rotatable bonds is 6. The van der Waals surface area contributed by atoms with Crippen LogP contribution in [-0.2, 0) is 4.79 Å². The van der Waals surface area contributed by atoms with Crippen LogP contribution >= 0.6 is 0 Å². The average Bonchev–Trinajstić information content (AvgIpc) is 2.60. The van der Waals surface area contributed by atoms with Gasteiger partial charge >= 0.3 is 6.03 Å². The van der Waals surface area contributed by atoms with Gasteiger partial charge < -0.3 is 20.9 Å². The molecule has 0 saturated carbocycles. The van der Waals surface area contributed by atoms with Gasteiger partial charge in [-0.3, -0.25) is 4.79 Å². The van der Waals surface area contributed by atoms with Crippen molar-refractivity contribution in [1.29, 1.82) is 0 Å². The third-order valence-electron chi connectivity index (χ3n) is 4.70. The minimum absolute atomic E-state index is 0.0252. The molecule has 25 heavy (non-hydrogen) atoms. The molecule has 1 saturated heterocycles. The second kappa shape index (κ2) is 8.85. The van der Waals surface area contributed by atoms with E-state index in [-0.39, 0.29) is 11.9 Å². The molecule has 0 aliphatic carbocycles. The van der Waals surface area contributed by atoms with Crippen molar-refractivity contribution in [1.82, 2.24) is 15.5 Å². The number of carbonyl (C=O) groups is 2. The van der Waals surface area contributed by atoms with Gasteiger partial charge in [0.25, 0.3) is 0 Å². The maximum atomic E-state index is 12.8. The molecule has 0 spiro atoms. The standard InChI is InChI=1S/C19H30N4O2/c1-19(2,22-18(25)21-16-7-5-4-6-8-16)17(24)23-13-10-15(11-14-23)9-12-20-3/h4-8,15,20H,9-14H2,1-3H3,(H2,21,22,25). The molecule has 0 radical (unpaired) electrons. The highest BCUT2D eigenvalue weighted by Gasteiger charge is 2.35. The lowest BCUT2D eigenvalue weighted by atomic mass is 9.92. The van der Waals surface area contributed by atoms with Gasteiger partial charge in [-0.05, 0) is 64.8 Å². The van der Waals surface area contributed by atoms with Crippen LogP contribution in [0.5, 0.6) is 0 Å². The Hall–Kier alpha value is -2.08. The summed E-state index contributed by atoms with van der Waals surface area (Å²) in [6.07, 6.45) is 3.21. The van der Waals surface area contributed by atoms with Gasteiger partial charge in [-0.1, -0.05) is 18.2 Å². The Morgan fingerprint density at radius 1 is 1.16 bits per heavy atom. The van der Waals surface area contributed by atoms with Crippen molar-refractivity contribution >= 4 is 17.6 Å². The molecule has 1 aromatic rings. The molecule has 0 atom stereocenters. The number of hydrogen-bond donors (Lipinski definition) is 3. The second-order valence-electron chi connectivity index (χ2n) is 7.20. The van der Waals surface area contributed by atoms with Crippen molar-refractivity contribution in [2.24, 2.45) is 5.92 Å². The Labute approximate surface area is 150 Å². The summed E-state index contributed by atoms with van der Waals surface area (Å²) in [7, 11) is 1.97. The summed E-state index contributed by atoms with van der Waals surface area (Å²) >= 11 is 0. The van der Waals surface area contributed by atoms with E-state index in [1.165, 1.54) is 0 Å². The van der Waals surface area contributed by atoms with E-state index in [9.17, 15) is 9.59 Å². The molecule has 0 bridgehead atoms. The number of piperidine rings is 1. The Kier molecular flexibility index (Phi) is 6.82. The molecule has 1 aliphatic heterocycles. The minimum atomic E-state index is -0.934. The second-order valence-corrected chi connectivity index (χ2v) is 7.20. The van der Waals surface area contributed by atoms with Gasteiger partial charge in [0.15, 0.2) is 0 Å². The van der Waals surface area contributed by atoms with E-state index in [2.05, 4.69) is 16.0 Å². The number of likely N-dealkylation sites (tertiary alicyclic amines) is 1. The van der Waals surface area contributed by atoms with E-state index in [1.807, 2.05) is 42.3 Å². The summed E-state index contributed by atoms with van der Waals surface area (Å²) in [6, 6.07) is 8.84. The molecule has 3 N–H and O–H groups in total. The van der Waals surface area contributed by atoms with Crippen LogP contribution in [0, 0.1) is 5.92 Å². The van der Waals surface area contributed by atoms with Crippen LogP contribution in [0.3, 0.4) is 0 Å². The molecule has 138 valence electrons. The van der Waals surface area contributed by atoms with Crippen LogP contribution in [0.25, 0.3) is 0 Å². The van der Waals surface area contributed by atoms with E-state index in [4.69, 9.17) is 0 Å². The van der Waals surface area contributed by atoms with Gasteiger partial charge in [-0.15, -0.1) is 0 Å². The van der Waals surface area contributed by atoms with Gasteiger partial charge in [0.1, 0.15) is 5.54 Å². The van der Waals surface area contributed by atoms with E-state index >= 15 is 0 Å². The molecule has 1 aliphatic rings. The number of benzene rings is 1. The first-order chi connectivity index (χ1) is 11.9. The number of urea groups is 1. The highest BCUT2D eigenvalue weighted by molar-refractivity contribution is 5.95. The quantitative estimate of drug-likeness (QED) is 0.741. The molecule has 6 nitrogen and oxygen atoms in total. The van der Waals surface area contributed by atoms with Crippen LogP contribution < -0.4 is 16.0 Å². The molecule has 0 unspecified atom stereocenters. The summed E-state index contributed by atoms with van der Waals surface area (Å²) in [4.78, 5) is 26.9. The first kappa shape index (κ1) is 19.2. The zero-order valence-electron chi connectivity index (χ0n) is 15.5. The highest BCUT2D eigenvalue weighted by Crippen LogP contribution is 2.22. The number of carbonyl (C=O) groups excluding carboxylic acids is 2. The molecule has 1 heterocycles. The monoisotopic (exact) mass is 346 g/mol. The fraction of sp³-hybridized carbons (Fsp3) is 0.579. The van der Waals surface area contributed by atoms with Gasteiger partial charge in [-0.25, -0.2) is 4.79 Å². The SMILES string of the molecule is CNCCC1CCN(C(=O)C(C)(C)NC(=O)Nc2ccccc2)CC1. The number of amides is 3. The predicted molar refractivity (Wildman–Crippen MR) is 101 cm³/mol. The van der Waals surface area contributed by atoms with Gasteiger partial charge in [0.05, 0.1) is 0 Å². The van der Waals surface area contributed by atoms with E-state index < -0.39 is 5.54 Å². The summed E-state index contributed by atoms with van der Waals surface area (Å²) < 4.78 is 0. The summed E-state index contributed by atoms with van der Waals surface area (Å²) in [6.45, 7) is 6.06. The molecule has 1 fully saturated rings. The van der Waals surface area contributed by atoms with Crippen LogP contribution in [0.2, 0.25) is 0 Å². The molecule has 1 aromatic carbocycles. The average molecular weight is 346 g/mol. The smallest absolute Gasteiger partial charge is 0.320 e. The van der Waals surface area contributed by atoms with Crippen LogP contribution in [0.4, 0.5) is 10.5 Å². The topological polar surface area (TPSA) is 73.5 Å². The first-order valence-electron chi connectivity index (χ1n) is 9.00. The van der Waals surface area contributed by atoms with Crippen molar-refractivity contribution in [3.63, 3.8) is 0 Å². The molecular weight excluding hydrogens is 316 g/mol. The Morgan fingerprint density at radius 2 is 1.80 bits per heavy atom. The van der Waals surface area contributed by atoms with E-state index in [0.717, 1.165) is 38.9 Å². The third kappa shape index (κ3) is 5.74. The van der Waals surface area contributed by atoms with Crippen molar-refractivity contribution < 1.29 is 9.59 Å². The summed E-state index contributed by atoms with van der Waals surface area (Å²) in [5.74, 6) is 0.650. The van der Waals surface area contributed by atoms with Crippen LogP contribution in [0.1, 0.15) is 33.1 Å². The highest BCUT2D eigenvalue weighted by atomic mass is 16.2. The zero-order chi connectivity index (χ0) is 18.3. The van der Waals surface area contributed by atoms with Crippen molar-refractivity contribution in [2.75, 3.05) is 32.0 Å². The fourth-order valence-corrected chi connectivity index (χ4v) is 3.19. The minimum Gasteiger partial charge on any atom is -0.341 e. The largest absolute Gasteiger partial charge is 0.341 e. The van der Waals surface area contributed by atoms with E-state index in [1.54, 1.807) is 13.8 Å². The van der Waals surface area contributed by atoms with Gasteiger partial charge in [0, 0.05) is 18.8 Å². The lowest BCUT2D eigenvalue weighted by Crippen LogP contribution is -2.58. The van der Waals surface area contributed by atoms with Crippen molar-refractivity contribution in [3.8, 4) is 0 Å². The number of nitrogens with zero attached hydrogens (tertiary/aromatic N) is 1. The third-order valence-corrected chi connectivity index (χ3v) is 4.70. The Morgan fingerprint density at radius 3 is 2.40 bits per heavy atom. The molecular formula is C19H30N4O2. The predicted octanol–water partition coefficient (Wildman–Crippen LogP) is 2.43. The Balaban J connectivity index is 1.84. The first-order valence-corrected chi connectivity index (χ1v) is 9.00. The number of nitrogens with one attached hydrogen (secondary N) is 3. The van der Waals surface area contributed by atoms with E-state index in [0.29, 0.717) is 11.6 Å². The van der Waals surface area contributed by atoms with Crippen molar-refractivity contribution in [2.45, 2.75) is 38.6 Å². The van der Waals surface area contributed by atoms with Crippen LogP contribution in [0.15, 0.2) is 30.3 Å². The zero-order valence-corrected chi connectivity index (χ0v) is 15.5. The fourth-order valence-electron chi connectivity index (χ4n) is 3.19. The van der Waals surface area contributed by atoms with Gasteiger partial charge in [0.2, 0.25) is 5.91 Å². The molecule has 6 heteroatoms. The molecule has 3 amide bonds. The Bertz CT molecular complexity index is 566. The maximum Gasteiger partial charge on any atom is 0.320 e. The summed E-state index contributed by atoms with van der Waals surface area (Å²) in [5.41, 5.74) is -0.231. The normalized spacial score (nSPS) is 15.7. The van der Waals surface area contributed by atoms with Crippen LogP contribution in [-0.4, -0.2) is 49.1 Å². The number of anilines is 1. The summed E-state index contributed by atoms with van der Waals surface area (Å²) in [5, 5.41) is 8.73. The molecule has 0 aromatic heterocycles. The van der Waals surface area contributed by atoms with Crippen molar-refractivity contribution in [3.05, 3.63) is 30.3 Å². The lowest BCUT2D eigenvalue weighted by molar-refractivity contribution is -0.138. The lowest BCUT2D eigenvalue weighted by Gasteiger charge is -2.37. The maximum absolute atomic E-state index is 12.8. The number of hydrogen-bond acceptors (Lipinski definition) is 3. The van der Waals surface area contributed by atoms with Gasteiger partial charge in [-0.2, -0.15) is 0 Å².